The molecule has 3 heteroatoms. The molecule has 0 aliphatic heterocycles. The Morgan fingerprint density at radius 1 is 0.630 bits per heavy atom. The van der Waals surface area contributed by atoms with E-state index in [9.17, 15) is 0 Å². The first kappa shape index (κ1) is 17.3. The van der Waals surface area contributed by atoms with Crippen LogP contribution in [0, 0.1) is 0 Å². The summed E-state index contributed by atoms with van der Waals surface area (Å²) < 4.78 is 0. The molecule has 4 aromatic rings. The highest BCUT2D eigenvalue weighted by atomic mass is 31.1. The fraction of sp³-hybridized carbons (Fsp3) is 0. The summed E-state index contributed by atoms with van der Waals surface area (Å²) in [5, 5.41) is 3.96. The Labute approximate surface area is 161 Å². The van der Waals surface area contributed by atoms with Crippen molar-refractivity contribution < 1.29 is 0 Å². The lowest BCUT2D eigenvalue weighted by Crippen LogP contribution is -2.20. The van der Waals surface area contributed by atoms with Crippen LogP contribution in [0.25, 0.3) is 0 Å². The van der Waals surface area contributed by atoms with Gasteiger partial charge < -0.3 is 0 Å². The zero-order chi connectivity index (χ0) is 18.3. The van der Waals surface area contributed by atoms with Crippen molar-refractivity contribution >= 4 is 35.7 Å². The quantitative estimate of drug-likeness (QED) is 0.375. The second-order valence-corrected chi connectivity index (χ2v) is 8.26. The molecule has 0 fully saturated rings. The molecule has 0 amide bonds. The van der Waals surface area contributed by atoms with Gasteiger partial charge in [-0.25, -0.2) is 0 Å². The molecule has 0 atom stereocenters. The summed E-state index contributed by atoms with van der Waals surface area (Å²) in [7, 11) is -0.617. The van der Waals surface area contributed by atoms with Gasteiger partial charge in [0, 0.05) is 6.20 Å². The van der Waals surface area contributed by atoms with Crippen molar-refractivity contribution in [3.05, 3.63) is 115 Å². The molecule has 0 unspecified atom stereocenters. The summed E-state index contributed by atoms with van der Waals surface area (Å²) in [6.45, 7) is 0. The fourth-order valence-corrected chi connectivity index (χ4v) is 5.24. The Hall–Kier alpha value is -3.09. The van der Waals surface area contributed by atoms with Gasteiger partial charge in [-0.15, -0.1) is 0 Å². The number of rotatable bonds is 5. The summed E-state index contributed by atoms with van der Waals surface area (Å²) in [6, 6.07) is 35.7. The molecular weight excluding hydrogens is 347 g/mol. The molecule has 0 N–H and O–H groups in total. The topological polar surface area (TPSA) is 25.2 Å². The first-order valence-electron chi connectivity index (χ1n) is 8.85. The molecular formula is C24H19N2P. The lowest BCUT2D eigenvalue weighted by atomic mass is 10.3. The third-order valence-electron chi connectivity index (χ3n) is 4.15. The molecule has 0 aliphatic rings. The predicted molar refractivity (Wildman–Crippen MR) is 117 cm³/mol. The number of benzene rings is 3. The SMILES string of the molecule is C(=Nc1cccc(P(c2ccccc2)c2ccccc2)c1)c1ccccn1. The molecule has 0 saturated heterocycles. The average Bonchev–Trinajstić information content (AvgIpc) is 2.75. The zero-order valence-corrected chi connectivity index (χ0v) is 15.7. The van der Waals surface area contributed by atoms with E-state index in [1.165, 1.54) is 15.9 Å². The van der Waals surface area contributed by atoms with E-state index in [2.05, 4.69) is 88.8 Å². The summed E-state index contributed by atoms with van der Waals surface area (Å²) in [5.41, 5.74) is 1.80. The molecule has 3 aromatic carbocycles. The Morgan fingerprint density at radius 2 is 1.26 bits per heavy atom. The molecule has 0 radical (unpaired) electrons. The summed E-state index contributed by atoms with van der Waals surface area (Å²) in [5.74, 6) is 0. The van der Waals surface area contributed by atoms with E-state index in [0.717, 1.165) is 11.4 Å². The maximum atomic E-state index is 4.63. The monoisotopic (exact) mass is 366 g/mol. The lowest BCUT2D eigenvalue weighted by molar-refractivity contribution is 1.30. The molecule has 4 rings (SSSR count). The molecule has 1 heterocycles. The zero-order valence-electron chi connectivity index (χ0n) is 14.8. The van der Waals surface area contributed by atoms with E-state index in [-0.39, 0.29) is 0 Å². The number of aromatic nitrogens is 1. The highest BCUT2D eigenvalue weighted by molar-refractivity contribution is 7.79. The van der Waals surface area contributed by atoms with E-state index in [1.54, 1.807) is 6.20 Å². The Kier molecular flexibility index (Phi) is 5.47. The standard InChI is InChI=1S/C24H19N2P/c1-3-12-22(13-4-1)27(23-14-5-2-6-15-23)24-16-9-11-20(18-24)26-19-21-10-7-8-17-25-21/h1-19H. The van der Waals surface area contributed by atoms with Crippen LogP contribution in [-0.4, -0.2) is 11.2 Å². The van der Waals surface area contributed by atoms with Crippen molar-refractivity contribution in [2.45, 2.75) is 0 Å². The minimum atomic E-state index is -0.617. The van der Waals surface area contributed by atoms with Crippen molar-refractivity contribution in [2.75, 3.05) is 0 Å². The molecule has 1 aromatic heterocycles. The number of pyridine rings is 1. The van der Waals surface area contributed by atoms with Gasteiger partial charge in [0.1, 0.15) is 0 Å². The van der Waals surface area contributed by atoms with Gasteiger partial charge in [0.25, 0.3) is 0 Å². The summed E-state index contributed by atoms with van der Waals surface area (Å²) in [6.07, 6.45) is 3.59. The molecule has 130 valence electrons. The predicted octanol–water partition coefficient (Wildman–Crippen LogP) is 4.59. The molecule has 0 saturated carbocycles. The van der Waals surface area contributed by atoms with Crippen LogP contribution in [0.5, 0.6) is 0 Å². The number of nitrogens with zero attached hydrogens (tertiary/aromatic N) is 2. The minimum Gasteiger partial charge on any atom is -0.255 e. The second-order valence-electron chi connectivity index (χ2n) is 6.04. The molecule has 0 spiro atoms. The average molecular weight is 366 g/mol. The van der Waals surface area contributed by atoms with Crippen LogP contribution >= 0.6 is 7.92 Å². The van der Waals surface area contributed by atoms with Crippen molar-refractivity contribution in [3.8, 4) is 0 Å². The molecule has 27 heavy (non-hydrogen) atoms. The van der Waals surface area contributed by atoms with E-state index >= 15 is 0 Å². The van der Waals surface area contributed by atoms with E-state index in [0.29, 0.717) is 0 Å². The molecule has 0 aliphatic carbocycles. The Morgan fingerprint density at radius 3 is 1.89 bits per heavy atom. The van der Waals surface area contributed by atoms with Gasteiger partial charge >= 0.3 is 0 Å². The van der Waals surface area contributed by atoms with Gasteiger partial charge in [0.05, 0.1) is 17.6 Å². The first-order chi connectivity index (χ1) is 13.4. The van der Waals surface area contributed by atoms with Gasteiger partial charge in [0.2, 0.25) is 0 Å². The molecule has 0 bridgehead atoms. The van der Waals surface area contributed by atoms with Crippen LogP contribution < -0.4 is 15.9 Å². The van der Waals surface area contributed by atoms with Crippen molar-refractivity contribution in [2.24, 2.45) is 4.99 Å². The Bertz CT molecular complexity index is 976. The van der Waals surface area contributed by atoms with Gasteiger partial charge in [-0.05, 0) is 48.1 Å². The number of hydrogen-bond donors (Lipinski definition) is 0. The number of aliphatic imine (C=N–C) groups is 1. The third kappa shape index (κ3) is 4.36. The van der Waals surface area contributed by atoms with Gasteiger partial charge in [-0.1, -0.05) is 78.9 Å². The Balaban J connectivity index is 1.72. The van der Waals surface area contributed by atoms with Crippen molar-refractivity contribution in [1.82, 2.24) is 4.98 Å². The third-order valence-corrected chi connectivity index (χ3v) is 6.57. The maximum Gasteiger partial charge on any atom is 0.0812 e. The van der Waals surface area contributed by atoms with E-state index < -0.39 is 7.92 Å². The van der Waals surface area contributed by atoms with Crippen LogP contribution in [0.4, 0.5) is 5.69 Å². The van der Waals surface area contributed by atoms with Crippen LogP contribution in [0.3, 0.4) is 0 Å². The highest BCUT2D eigenvalue weighted by Gasteiger charge is 2.16. The second kappa shape index (κ2) is 8.53. The van der Waals surface area contributed by atoms with Crippen LogP contribution in [0.2, 0.25) is 0 Å². The lowest BCUT2D eigenvalue weighted by Gasteiger charge is -2.19. The van der Waals surface area contributed by atoms with E-state index in [4.69, 9.17) is 0 Å². The van der Waals surface area contributed by atoms with Gasteiger partial charge in [-0.2, -0.15) is 0 Å². The van der Waals surface area contributed by atoms with Gasteiger partial charge in [-0.3, -0.25) is 9.98 Å². The summed E-state index contributed by atoms with van der Waals surface area (Å²) in [4.78, 5) is 8.93. The largest absolute Gasteiger partial charge is 0.255 e. The van der Waals surface area contributed by atoms with E-state index in [1.807, 2.05) is 30.5 Å². The fourth-order valence-electron chi connectivity index (χ4n) is 2.91. The van der Waals surface area contributed by atoms with Crippen LogP contribution in [0.1, 0.15) is 5.69 Å². The summed E-state index contributed by atoms with van der Waals surface area (Å²) >= 11 is 0. The van der Waals surface area contributed by atoms with Crippen LogP contribution in [0.15, 0.2) is 114 Å². The maximum absolute atomic E-state index is 4.63. The van der Waals surface area contributed by atoms with Crippen molar-refractivity contribution in [1.29, 1.82) is 0 Å². The minimum absolute atomic E-state index is 0.617. The highest BCUT2D eigenvalue weighted by Crippen LogP contribution is 2.33. The smallest absolute Gasteiger partial charge is 0.0812 e. The van der Waals surface area contributed by atoms with Crippen molar-refractivity contribution in [3.63, 3.8) is 0 Å². The normalized spacial score (nSPS) is 11.1. The number of hydrogen-bond acceptors (Lipinski definition) is 2. The first-order valence-corrected chi connectivity index (χ1v) is 10.2. The molecule has 2 nitrogen and oxygen atoms in total. The van der Waals surface area contributed by atoms with Crippen LogP contribution in [-0.2, 0) is 0 Å². The van der Waals surface area contributed by atoms with Gasteiger partial charge in [0.15, 0.2) is 0 Å².